The monoisotopic (exact) mass is 224 g/mol. The Morgan fingerprint density at radius 2 is 2.44 bits per heavy atom. The molecule has 1 aliphatic rings. The minimum atomic E-state index is -0.279. The van der Waals surface area contributed by atoms with Crippen molar-refractivity contribution in [2.75, 3.05) is 5.73 Å². The number of hydrogen-bond donors (Lipinski definition) is 3. The average molecular weight is 224 g/mol. The first-order valence-corrected chi connectivity index (χ1v) is 5.42. The van der Waals surface area contributed by atoms with E-state index in [9.17, 15) is 4.79 Å². The van der Waals surface area contributed by atoms with Crippen LogP contribution < -0.4 is 11.1 Å². The van der Waals surface area contributed by atoms with Gasteiger partial charge in [-0.3, -0.25) is 9.48 Å². The number of nitrogen functional groups attached to an aromatic ring is 1. The zero-order valence-electron chi connectivity index (χ0n) is 9.18. The number of nitrogens with one attached hydrogen (secondary N) is 1. The highest BCUT2D eigenvalue weighted by Crippen LogP contribution is 2.20. The minimum absolute atomic E-state index is 0.0575. The number of amides is 1. The first kappa shape index (κ1) is 10.9. The summed E-state index contributed by atoms with van der Waals surface area (Å²) in [7, 11) is 0. The van der Waals surface area contributed by atoms with E-state index >= 15 is 0 Å². The largest absolute Gasteiger partial charge is 0.396 e. The molecule has 1 aliphatic carbocycles. The van der Waals surface area contributed by atoms with Gasteiger partial charge in [0.15, 0.2) is 0 Å². The summed E-state index contributed by atoms with van der Waals surface area (Å²) in [5, 5.41) is 16.0. The molecule has 6 nitrogen and oxygen atoms in total. The molecule has 4 N–H and O–H groups in total. The summed E-state index contributed by atoms with van der Waals surface area (Å²) < 4.78 is 1.57. The zero-order chi connectivity index (χ0) is 11.7. The number of hydrogen-bond acceptors (Lipinski definition) is 4. The summed E-state index contributed by atoms with van der Waals surface area (Å²) in [6.07, 6.45) is 2.44. The number of rotatable bonds is 3. The Bertz CT molecular complexity index is 396. The predicted molar refractivity (Wildman–Crippen MR) is 58.8 cm³/mol. The molecular weight excluding hydrogens is 208 g/mol. The van der Waals surface area contributed by atoms with Crippen LogP contribution in [0.5, 0.6) is 0 Å². The van der Waals surface area contributed by atoms with E-state index in [0.29, 0.717) is 30.8 Å². The van der Waals surface area contributed by atoms with Crippen LogP contribution in [0.2, 0.25) is 0 Å². The SMILES string of the molecule is CCn1ncc(N)c1C(=O)NC1CC(O)C1. The van der Waals surface area contributed by atoms with E-state index < -0.39 is 0 Å². The maximum absolute atomic E-state index is 11.9. The number of anilines is 1. The Morgan fingerprint density at radius 1 is 1.75 bits per heavy atom. The lowest BCUT2D eigenvalue weighted by Crippen LogP contribution is -2.47. The second kappa shape index (κ2) is 4.13. The first-order valence-electron chi connectivity index (χ1n) is 5.42. The molecule has 0 spiro atoms. The number of aliphatic hydroxyl groups excluding tert-OH is 1. The van der Waals surface area contributed by atoms with Crippen LogP contribution in [0.25, 0.3) is 0 Å². The molecule has 88 valence electrons. The van der Waals surface area contributed by atoms with E-state index in [1.807, 2.05) is 6.92 Å². The van der Waals surface area contributed by atoms with Crippen LogP contribution in [0, 0.1) is 0 Å². The number of carbonyl (C=O) groups is 1. The van der Waals surface area contributed by atoms with E-state index in [1.165, 1.54) is 6.20 Å². The fraction of sp³-hybridized carbons (Fsp3) is 0.600. The summed E-state index contributed by atoms with van der Waals surface area (Å²) in [6.45, 7) is 2.50. The van der Waals surface area contributed by atoms with Gasteiger partial charge in [0, 0.05) is 12.6 Å². The number of nitrogens with two attached hydrogens (primary N) is 1. The van der Waals surface area contributed by atoms with Gasteiger partial charge in [-0.15, -0.1) is 0 Å². The molecule has 16 heavy (non-hydrogen) atoms. The lowest BCUT2D eigenvalue weighted by molar-refractivity contribution is 0.0559. The highest BCUT2D eigenvalue weighted by Gasteiger charge is 2.29. The van der Waals surface area contributed by atoms with E-state index in [2.05, 4.69) is 10.4 Å². The average Bonchev–Trinajstić information content (AvgIpc) is 2.57. The quantitative estimate of drug-likeness (QED) is 0.659. The van der Waals surface area contributed by atoms with Gasteiger partial charge in [-0.2, -0.15) is 5.10 Å². The smallest absolute Gasteiger partial charge is 0.271 e. The molecule has 0 unspecified atom stereocenters. The van der Waals surface area contributed by atoms with Crippen LogP contribution in [-0.2, 0) is 6.54 Å². The van der Waals surface area contributed by atoms with Crippen LogP contribution >= 0.6 is 0 Å². The van der Waals surface area contributed by atoms with Crippen LogP contribution in [0.3, 0.4) is 0 Å². The summed E-state index contributed by atoms with van der Waals surface area (Å²) in [4.78, 5) is 11.9. The lowest BCUT2D eigenvalue weighted by atomic mass is 9.89. The van der Waals surface area contributed by atoms with Gasteiger partial charge in [0.1, 0.15) is 5.69 Å². The van der Waals surface area contributed by atoms with Gasteiger partial charge in [0.05, 0.1) is 18.0 Å². The standard InChI is InChI=1S/C10H16N4O2/c1-2-14-9(8(11)5-12-14)10(16)13-6-3-7(15)4-6/h5-7,15H,2-4,11H2,1H3,(H,13,16). The molecule has 1 aromatic heterocycles. The highest BCUT2D eigenvalue weighted by atomic mass is 16.3. The van der Waals surface area contributed by atoms with Crippen molar-refractivity contribution < 1.29 is 9.90 Å². The van der Waals surface area contributed by atoms with Crippen molar-refractivity contribution in [3.8, 4) is 0 Å². The van der Waals surface area contributed by atoms with Crippen molar-refractivity contribution >= 4 is 11.6 Å². The van der Waals surface area contributed by atoms with Gasteiger partial charge in [-0.05, 0) is 19.8 Å². The highest BCUT2D eigenvalue weighted by molar-refractivity contribution is 5.97. The third-order valence-corrected chi connectivity index (χ3v) is 2.83. The summed E-state index contributed by atoms with van der Waals surface area (Å²) in [5.74, 6) is -0.214. The molecule has 1 heterocycles. The molecule has 0 saturated heterocycles. The summed E-state index contributed by atoms with van der Waals surface area (Å²) >= 11 is 0. The van der Waals surface area contributed by atoms with Crippen molar-refractivity contribution in [2.45, 2.75) is 38.5 Å². The Morgan fingerprint density at radius 3 is 3.00 bits per heavy atom. The molecule has 0 bridgehead atoms. The van der Waals surface area contributed by atoms with E-state index in [0.717, 1.165) is 0 Å². The third-order valence-electron chi connectivity index (χ3n) is 2.83. The number of nitrogens with zero attached hydrogens (tertiary/aromatic N) is 2. The van der Waals surface area contributed by atoms with E-state index in [1.54, 1.807) is 4.68 Å². The number of aryl methyl sites for hydroxylation is 1. The first-order chi connectivity index (χ1) is 7.61. The van der Waals surface area contributed by atoms with Gasteiger partial charge in [0.2, 0.25) is 0 Å². The van der Waals surface area contributed by atoms with Crippen LogP contribution in [0.4, 0.5) is 5.69 Å². The predicted octanol–water partition coefficient (Wildman–Crippen LogP) is -0.262. The molecule has 1 saturated carbocycles. The molecule has 1 aromatic rings. The second-order valence-corrected chi connectivity index (χ2v) is 4.06. The molecule has 0 aliphatic heterocycles. The number of aliphatic hydroxyl groups is 1. The molecule has 0 aromatic carbocycles. The summed E-state index contributed by atoms with van der Waals surface area (Å²) in [6, 6.07) is 0.0575. The molecule has 6 heteroatoms. The normalized spacial score (nSPS) is 23.9. The fourth-order valence-corrected chi connectivity index (χ4v) is 1.85. The maximum Gasteiger partial charge on any atom is 0.271 e. The molecule has 2 rings (SSSR count). The third kappa shape index (κ3) is 1.88. The Hall–Kier alpha value is -1.56. The molecule has 1 amide bonds. The van der Waals surface area contributed by atoms with Gasteiger partial charge in [-0.1, -0.05) is 0 Å². The topological polar surface area (TPSA) is 93.2 Å². The summed E-state index contributed by atoms with van der Waals surface area (Å²) in [5.41, 5.74) is 6.48. The van der Waals surface area contributed by atoms with Crippen LogP contribution in [0.1, 0.15) is 30.3 Å². The molecule has 0 atom stereocenters. The number of aromatic nitrogens is 2. The van der Waals surface area contributed by atoms with Gasteiger partial charge < -0.3 is 16.2 Å². The molecular formula is C10H16N4O2. The van der Waals surface area contributed by atoms with E-state index in [4.69, 9.17) is 10.8 Å². The Kier molecular flexibility index (Phi) is 2.82. The number of carbonyl (C=O) groups excluding carboxylic acids is 1. The van der Waals surface area contributed by atoms with Gasteiger partial charge in [-0.25, -0.2) is 0 Å². The zero-order valence-corrected chi connectivity index (χ0v) is 9.18. The van der Waals surface area contributed by atoms with Crippen molar-refractivity contribution in [3.63, 3.8) is 0 Å². The molecule has 1 fully saturated rings. The second-order valence-electron chi connectivity index (χ2n) is 4.06. The van der Waals surface area contributed by atoms with Crippen molar-refractivity contribution in [1.29, 1.82) is 0 Å². The van der Waals surface area contributed by atoms with Crippen molar-refractivity contribution in [1.82, 2.24) is 15.1 Å². The van der Waals surface area contributed by atoms with Gasteiger partial charge >= 0.3 is 0 Å². The fourth-order valence-electron chi connectivity index (χ4n) is 1.85. The van der Waals surface area contributed by atoms with Crippen LogP contribution in [0.15, 0.2) is 6.20 Å². The minimum Gasteiger partial charge on any atom is -0.396 e. The molecule has 0 radical (unpaired) electrons. The van der Waals surface area contributed by atoms with E-state index in [-0.39, 0.29) is 18.1 Å². The van der Waals surface area contributed by atoms with Gasteiger partial charge in [0.25, 0.3) is 5.91 Å². The Balaban J connectivity index is 2.05. The van der Waals surface area contributed by atoms with Crippen molar-refractivity contribution in [2.24, 2.45) is 0 Å². The Labute approximate surface area is 93.4 Å². The van der Waals surface area contributed by atoms with Crippen molar-refractivity contribution in [3.05, 3.63) is 11.9 Å². The lowest BCUT2D eigenvalue weighted by Gasteiger charge is -2.31. The van der Waals surface area contributed by atoms with Crippen LogP contribution in [-0.4, -0.2) is 32.9 Å². The maximum atomic E-state index is 11.9.